The summed E-state index contributed by atoms with van der Waals surface area (Å²) >= 11 is 0. The van der Waals surface area contributed by atoms with Crippen LogP contribution in [0.5, 0.6) is 11.6 Å². The molecule has 1 aromatic carbocycles. The summed E-state index contributed by atoms with van der Waals surface area (Å²) in [6, 6.07) is 11.4. The lowest BCUT2D eigenvalue weighted by atomic mass is 9.96. The average molecular weight is 494 g/mol. The molecule has 2 fully saturated rings. The minimum atomic E-state index is -0.116. The highest BCUT2D eigenvalue weighted by Crippen LogP contribution is 2.50. The number of likely N-dealkylation sites (tertiary alicyclic amines) is 1. The fraction of sp³-hybridized carbons (Fsp3) is 0.321. The Morgan fingerprint density at radius 3 is 2.62 bits per heavy atom. The molecule has 1 aliphatic heterocycles. The van der Waals surface area contributed by atoms with E-state index >= 15 is 0 Å². The van der Waals surface area contributed by atoms with Gasteiger partial charge in [-0.3, -0.25) is 4.79 Å². The van der Waals surface area contributed by atoms with Crippen LogP contribution in [0.2, 0.25) is 0 Å². The molecule has 6 rings (SSSR count). The third kappa shape index (κ3) is 4.14. The van der Waals surface area contributed by atoms with Gasteiger partial charge in [-0.05, 0) is 75.3 Å². The van der Waals surface area contributed by atoms with Crippen LogP contribution in [-0.4, -0.2) is 47.6 Å². The van der Waals surface area contributed by atoms with Crippen molar-refractivity contribution >= 4 is 22.8 Å². The Labute approximate surface area is 214 Å². The first-order valence-electron chi connectivity index (χ1n) is 12.4. The minimum absolute atomic E-state index is 0.0328. The smallest absolute Gasteiger partial charge is 0.298 e. The average Bonchev–Trinajstić information content (AvgIpc) is 3.56. The van der Waals surface area contributed by atoms with E-state index < -0.39 is 0 Å². The third-order valence-corrected chi connectivity index (χ3v) is 7.31. The van der Waals surface area contributed by atoms with Crippen LogP contribution in [0.15, 0.2) is 48.9 Å². The zero-order chi connectivity index (χ0) is 25.6. The first-order chi connectivity index (χ1) is 18.0. The monoisotopic (exact) mass is 493 g/mol. The largest absolute Gasteiger partial charge is 0.439 e. The molecule has 1 unspecified atom stereocenters. The first-order valence-corrected chi connectivity index (χ1v) is 12.4. The third-order valence-electron chi connectivity index (χ3n) is 7.31. The van der Waals surface area contributed by atoms with Gasteiger partial charge in [-0.25, -0.2) is 19.6 Å². The SMILES string of the molecule is CC#CC(=O)N1CC(n2nc(-c3ccc(Oc4ccc(C)cn4)cc3)c3c(N)ncnc32)CCC12CC2. The molecule has 3 aromatic heterocycles. The Kier molecular flexibility index (Phi) is 5.52. The number of pyridine rings is 1. The molecular formula is C28H27N7O2. The Bertz CT molecular complexity index is 1540. The van der Waals surface area contributed by atoms with Crippen LogP contribution in [0.1, 0.15) is 44.2 Å². The van der Waals surface area contributed by atoms with E-state index in [1.807, 2.05) is 52.9 Å². The molecule has 37 heavy (non-hydrogen) atoms. The van der Waals surface area contributed by atoms with E-state index in [2.05, 4.69) is 26.8 Å². The maximum atomic E-state index is 12.8. The summed E-state index contributed by atoms with van der Waals surface area (Å²) in [5, 5.41) is 5.69. The molecule has 1 saturated heterocycles. The van der Waals surface area contributed by atoms with Crippen LogP contribution >= 0.6 is 0 Å². The van der Waals surface area contributed by atoms with Crippen molar-refractivity contribution in [3.8, 4) is 34.7 Å². The number of carbonyl (C=O) groups excluding carboxylic acids is 1. The van der Waals surface area contributed by atoms with Gasteiger partial charge in [-0.1, -0.05) is 12.0 Å². The van der Waals surface area contributed by atoms with Gasteiger partial charge in [-0.15, -0.1) is 0 Å². The van der Waals surface area contributed by atoms with Crippen molar-refractivity contribution in [3.05, 3.63) is 54.5 Å². The van der Waals surface area contributed by atoms with Crippen LogP contribution in [0.25, 0.3) is 22.3 Å². The number of aromatic nitrogens is 5. The predicted octanol–water partition coefficient (Wildman–Crippen LogP) is 4.29. The molecule has 2 N–H and O–H groups in total. The molecule has 0 radical (unpaired) electrons. The van der Waals surface area contributed by atoms with Crippen molar-refractivity contribution in [2.45, 2.75) is 51.1 Å². The van der Waals surface area contributed by atoms with Crippen molar-refractivity contribution in [1.82, 2.24) is 29.6 Å². The Morgan fingerprint density at radius 2 is 1.92 bits per heavy atom. The number of nitrogens with zero attached hydrogens (tertiary/aromatic N) is 6. The number of hydrogen-bond donors (Lipinski definition) is 1. The summed E-state index contributed by atoms with van der Waals surface area (Å²) in [4.78, 5) is 27.8. The normalized spacial score (nSPS) is 17.9. The molecule has 1 spiro atoms. The number of rotatable bonds is 4. The summed E-state index contributed by atoms with van der Waals surface area (Å²) in [7, 11) is 0. The van der Waals surface area contributed by atoms with Crippen LogP contribution in [0.3, 0.4) is 0 Å². The van der Waals surface area contributed by atoms with Gasteiger partial charge < -0.3 is 15.4 Å². The Hall–Kier alpha value is -4.45. The van der Waals surface area contributed by atoms with E-state index in [0.29, 0.717) is 40.7 Å². The van der Waals surface area contributed by atoms with Gasteiger partial charge in [0.1, 0.15) is 23.6 Å². The zero-order valence-corrected chi connectivity index (χ0v) is 20.8. The van der Waals surface area contributed by atoms with Crippen molar-refractivity contribution in [1.29, 1.82) is 0 Å². The minimum Gasteiger partial charge on any atom is -0.439 e. The van der Waals surface area contributed by atoms with Gasteiger partial charge in [0.15, 0.2) is 5.65 Å². The number of amides is 1. The molecule has 0 bridgehead atoms. The van der Waals surface area contributed by atoms with Crippen LogP contribution in [0.4, 0.5) is 5.82 Å². The number of nitrogens with two attached hydrogens (primary N) is 1. The standard InChI is InChI=1S/C28H27N7O2/c1-3-4-23(36)34-16-20(11-12-28(34)13-14-28)35-27-24(26(29)31-17-32-27)25(33-35)19-6-8-21(9-7-19)37-22-10-5-18(2)15-30-22/h5-10,15,17,20H,11-14,16H2,1-2H3,(H2,29,31,32). The number of piperidine rings is 1. The molecule has 4 aromatic rings. The second kappa shape index (κ2) is 8.89. The topological polar surface area (TPSA) is 112 Å². The number of hydrogen-bond acceptors (Lipinski definition) is 7. The van der Waals surface area contributed by atoms with E-state index in [1.165, 1.54) is 6.33 Å². The predicted molar refractivity (Wildman–Crippen MR) is 140 cm³/mol. The second-order valence-electron chi connectivity index (χ2n) is 9.76. The molecule has 1 saturated carbocycles. The molecule has 186 valence electrons. The first kappa shape index (κ1) is 23.0. The van der Waals surface area contributed by atoms with E-state index in [4.69, 9.17) is 15.6 Å². The summed E-state index contributed by atoms with van der Waals surface area (Å²) < 4.78 is 7.80. The molecule has 2 aliphatic rings. The summed E-state index contributed by atoms with van der Waals surface area (Å²) in [5.41, 5.74) is 9.59. The highest BCUT2D eigenvalue weighted by molar-refractivity contribution is 5.98. The van der Waals surface area contributed by atoms with Gasteiger partial charge in [0.05, 0.1) is 11.4 Å². The lowest BCUT2D eigenvalue weighted by Crippen LogP contribution is -2.48. The van der Waals surface area contributed by atoms with Crippen molar-refractivity contribution in [2.24, 2.45) is 0 Å². The maximum absolute atomic E-state index is 12.8. The van der Waals surface area contributed by atoms with E-state index in [0.717, 1.165) is 36.8 Å². The molecule has 9 heteroatoms. The highest BCUT2D eigenvalue weighted by atomic mass is 16.5. The summed E-state index contributed by atoms with van der Waals surface area (Å²) in [6.45, 7) is 4.22. The molecule has 1 aliphatic carbocycles. The maximum Gasteiger partial charge on any atom is 0.298 e. The molecule has 1 amide bonds. The highest BCUT2D eigenvalue weighted by Gasteiger charge is 2.53. The summed E-state index contributed by atoms with van der Waals surface area (Å²) in [5.74, 6) is 6.94. The molecule has 4 heterocycles. The van der Waals surface area contributed by atoms with Gasteiger partial charge in [0.2, 0.25) is 5.88 Å². The van der Waals surface area contributed by atoms with Crippen molar-refractivity contribution in [3.63, 3.8) is 0 Å². The number of anilines is 1. The lowest BCUT2D eigenvalue weighted by molar-refractivity contribution is -0.130. The number of fused-ring (bicyclic) bond motifs is 1. The number of carbonyl (C=O) groups is 1. The molecule has 1 atom stereocenters. The number of ether oxygens (including phenoxy) is 1. The number of nitrogen functional groups attached to an aromatic ring is 1. The number of benzene rings is 1. The Balaban J connectivity index is 1.33. The van der Waals surface area contributed by atoms with Gasteiger partial charge in [0, 0.05) is 29.9 Å². The summed E-state index contributed by atoms with van der Waals surface area (Å²) in [6.07, 6.45) is 7.12. The van der Waals surface area contributed by atoms with Gasteiger partial charge in [0.25, 0.3) is 5.91 Å². The fourth-order valence-electron chi connectivity index (χ4n) is 5.17. The van der Waals surface area contributed by atoms with E-state index in [-0.39, 0.29) is 17.5 Å². The van der Waals surface area contributed by atoms with Crippen molar-refractivity contribution < 1.29 is 9.53 Å². The van der Waals surface area contributed by atoms with Crippen molar-refractivity contribution in [2.75, 3.05) is 12.3 Å². The zero-order valence-electron chi connectivity index (χ0n) is 20.8. The van der Waals surface area contributed by atoms with Gasteiger partial charge >= 0.3 is 0 Å². The lowest BCUT2D eigenvalue weighted by Gasteiger charge is -2.39. The van der Waals surface area contributed by atoms with Gasteiger partial charge in [-0.2, -0.15) is 5.10 Å². The molecule has 9 nitrogen and oxygen atoms in total. The fourth-order valence-corrected chi connectivity index (χ4v) is 5.17. The quantitative estimate of drug-likeness (QED) is 0.422. The van der Waals surface area contributed by atoms with Crippen LogP contribution in [-0.2, 0) is 4.79 Å². The van der Waals surface area contributed by atoms with E-state index in [1.54, 1.807) is 13.1 Å². The second-order valence-corrected chi connectivity index (χ2v) is 9.76. The molecular weight excluding hydrogens is 466 g/mol. The van der Waals surface area contributed by atoms with E-state index in [9.17, 15) is 4.79 Å². The number of aryl methyl sites for hydroxylation is 1. The Morgan fingerprint density at radius 1 is 1.11 bits per heavy atom. The van der Waals surface area contributed by atoms with Crippen LogP contribution < -0.4 is 10.5 Å². The van der Waals surface area contributed by atoms with Crippen LogP contribution in [0, 0.1) is 18.8 Å².